The quantitative estimate of drug-likeness (QED) is 0.799. The van der Waals surface area contributed by atoms with Crippen LogP contribution < -0.4 is 10.1 Å². The highest BCUT2D eigenvalue weighted by molar-refractivity contribution is 5.29. The van der Waals surface area contributed by atoms with Gasteiger partial charge >= 0.3 is 0 Å². The van der Waals surface area contributed by atoms with Crippen molar-refractivity contribution in [1.29, 1.82) is 0 Å². The molecule has 0 saturated heterocycles. The standard InChI is InChI=1S/C19H25NO/c1-4-11-21-19-10-6-8-17(13-19)14-20-16(3)18-9-5-7-15(2)12-18/h5-10,12-13,16,20H,4,11,14H2,1-3H3/t16-/m1/s1. The third kappa shape index (κ3) is 4.91. The van der Waals surface area contributed by atoms with Crippen LogP contribution in [0.3, 0.4) is 0 Å². The van der Waals surface area contributed by atoms with Gasteiger partial charge in [0.2, 0.25) is 0 Å². The van der Waals surface area contributed by atoms with Crippen LogP contribution in [0, 0.1) is 6.92 Å². The summed E-state index contributed by atoms with van der Waals surface area (Å²) >= 11 is 0. The van der Waals surface area contributed by atoms with Gasteiger partial charge in [-0.15, -0.1) is 0 Å². The van der Waals surface area contributed by atoms with E-state index in [-0.39, 0.29) is 0 Å². The Kier molecular flexibility index (Phi) is 5.82. The first-order valence-corrected chi connectivity index (χ1v) is 7.70. The number of ether oxygens (including phenoxy) is 1. The van der Waals surface area contributed by atoms with E-state index in [1.807, 2.05) is 6.07 Å². The summed E-state index contributed by atoms with van der Waals surface area (Å²) in [7, 11) is 0. The molecule has 0 fully saturated rings. The van der Waals surface area contributed by atoms with E-state index in [1.165, 1.54) is 16.7 Å². The third-order valence-corrected chi connectivity index (χ3v) is 3.53. The Labute approximate surface area is 128 Å². The van der Waals surface area contributed by atoms with Crippen LogP contribution in [0.1, 0.15) is 43.0 Å². The first-order valence-electron chi connectivity index (χ1n) is 7.70. The maximum Gasteiger partial charge on any atom is 0.119 e. The SMILES string of the molecule is CCCOc1cccc(CN[C@H](C)c2cccc(C)c2)c1. The maximum atomic E-state index is 5.68. The summed E-state index contributed by atoms with van der Waals surface area (Å²) in [5, 5.41) is 3.57. The predicted octanol–water partition coefficient (Wildman–Crippen LogP) is 4.63. The fourth-order valence-corrected chi connectivity index (χ4v) is 2.29. The van der Waals surface area contributed by atoms with Gasteiger partial charge in [-0.05, 0) is 43.5 Å². The number of benzene rings is 2. The molecule has 0 aliphatic heterocycles. The van der Waals surface area contributed by atoms with Crippen LogP contribution in [0.25, 0.3) is 0 Å². The summed E-state index contributed by atoms with van der Waals surface area (Å²) in [4.78, 5) is 0. The minimum absolute atomic E-state index is 0.338. The Morgan fingerprint density at radius 1 is 1.10 bits per heavy atom. The number of nitrogens with one attached hydrogen (secondary N) is 1. The molecule has 1 atom stereocenters. The molecule has 0 aromatic heterocycles. The van der Waals surface area contributed by atoms with E-state index in [9.17, 15) is 0 Å². The minimum atomic E-state index is 0.338. The smallest absolute Gasteiger partial charge is 0.119 e. The summed E-state index contributed by atoms with van der Waals surface area (Å²) in [5.74, 6) is 0.958. The van der Waals surface area contributed by atoms with Gasteiger partial charge in [0.25, 0.3) is 0 Å². The van der Waals surface area contributed by atoms with Crippen molar-refractivity contribution in [1.82, 2.24) is 5.32 Å². The average molecular weight is 283 g/mol. The maximum absolute atomic E-state index is 5.68. The van der Waals surface area contributed by atoms with Crippen LogP contribution in [0.4, 0.5) is 0 Å². The first kappa shape index (κ1) is 15.6. The lowest BCUT2D eigenvalue weighted by atomic mass is 10.1. The Balaban J connectivity index is 1.93. The predicted molar refractivity (Wildman–Crippen MR) is 88.7 cm³/mol. The van der Waals surface area contributed by atoms with Gasteiger partial charge in [0, 0.05) is 12.6 Å². The average Bonchev–Trinajstić information content (AvgIpc) is 2.51. The fraction of sp³-hybridized carbons (Fsp3) is 0.368. The molecule has 2 aromatic carbocycles. The molecule has 2 heteroatoms. The Morgan fingerprint density at radius 3 is 2.67 bits per heavy atom. The van der Waals surface area contributed by atoms with Crippen LogP contribution in [0.2, 0.25) is 0 Å². The van der Waals surface area contributed by atoms with Gasteiger partial charge in [-0.25, -0.2) is 0 Å². The van der Waals surface area contributed by atoms with Gasteiger partial charge in [0.15, 0.2) is 0 Å². The second-order valence-electron chi connectivity index (χ2n) is 5.51. The molecule has 0 aliphatic rings. The highest BCUT2D eigenvalue weighted by Gasteiger charge is 2.05. The molecule has 0 spiro atoms. The Bertz CT molecular complexity index is 565. The number of hydrogen-bond donors (Lipinski definition) is 1. The Hall–Kier alpha value is -1.80. The van der Waals surface area contributed by atoms with E-state index in [1.54, 1.807) is 0 Å². The van der Waals surface area contributed by atoms with Crippen LogP contribution in [0.5, 0.6) is 5.75 Å². The van der Waals surface area contributed by atoms with Crippen molar-refractivity contribution in [3.05, 3.63) is 65.2 Å². The molecule has 2 nitrogen and oxygen atoms in total. The molecule has 0 unspecified atom stereocenters. The number of aryl methyl sites for hydroxylation is 1. The van der Waals surface area contributed by atoms with Crippen molar-refractivity contribution >= 4 is 0 Å². The molecule has 0 aliphatic carbocycles. The van der Waals surface area contributed by atoms with Crippen LogP contribution in [-0.4, -0.2) is 6.61 Å². The van der Waals surface area contributed by atoms with Crippen molar-refractivity contribution in [2.45, 2.75) is 39.8 Å². The highest BCUT2D eigenvalue weighted by Crippen LogP contribution is 2.17. The molecule has 0 heterocycles. The highest BCUT2D eigenvalue weighted by atomic mass is 16.5. The van der Waals surface area contributed by atoms with Crippen LogP contribution in [-0.2, 0) is 6.54 Å². The zero-order valence-corrected chi connectivity index (χ0v) is 13.2. The van der Waals surface area contributed by atoms with Gasteiger partial charge < -0.3 is 10.1 Å². The van der Waals surface area contributed by atoms with Gasteiger partial charge in [-0.2, -0.15) is 0 Å². The van der Waals surface area contributed by atoms with Crippen molar-refractivity contribution in [3.63, 3.8) is 0 Å². The second kappa shape index (κ2) is 7.84. The van der Waals surface area contributed by atoms with E-state index in [2.05, 4.69) is 68.6 Å². The molecule has 0 bridgehead atoms. The summed E-state index contributed by atoms with van der Waals surface area (Å²) in [5.41, 5.74) is 3.88. The molecule has 2 rings (SSSR count). The first-order chi connectivity index (χ1) is 10.2. The number of rotatable bonds is 7. The monoisotopic (exact) mass is 283 g/mol. The Morgan fingerprint density at radius 2 is 1.90 bits per heavy atom. The van der Waals surface area contributed by atoms with Crippen molar-refractivity contribution in [3.8, 4) is 5.75 Å². The molecule has 2 aromatic rings. The summed E-state index contributed by atoms with van der Waals surface area (Å²) in [6, 6.07) is 17.3. The van der Waals surface area contributed by atoms with Crippen molar-refractivity contribution < 1.29 is 4.74 Å². The van der Waals surface area contributed by atoms with E-state index >= 15 is 0 Å². The normalized spacial score (nSPS) is 12.1. The minimum Gasteiger partial charge on any atom is -0.494 e. The van der Waals surface area contributed by atoms with E-state index in [0.29, 0.717) is 6.04 Å². The van der Waals surface area contributed by atoms with Gasteiger partial charge in [0.1, 0.15) is 5.75 Å². The molecule has 21 heavy (non-hydrogen) atoms. The number of hydrogen-bond acceptors (Lipinski definition) is 2. The van der Waals surface area contributed by atoms with Crippen LogP contribution >= 0.6 is 0 Å². The van der Waals surface area contributed by atoms with E-state index in [4.69, 9.17) is 4.74 Å². The van der Waals surface area contributed by atoms with Crippen molar-refractivity contribution in [2.75, 3.05) is 6.61 Å². The van der Waals surface area contributed by atoms with Crippen molar-refractivity contribution in [2.24, 2.45) is 0 Å². The fourth-order valence-electron chi connectivity index (χ4n) is 2.29. The molecule has 0 radical (unpaired) electrons. The zero-order chi connectivity index (χ0) is 15.1. The topological polar surface area (TPSA) is 21.3 Å². The van der Waals surface area contributed by atoms with E-state index < -0.39 is 0 Å². The molecule has 0 amide bonds. The van der Waals surface area contributed by atoms with E-state index in [0.717, 1.165) is 25.3 Å². The second-order valence-corrected chi connectivity index (χ2v) is 5.51. The van der Waals surface area contributed by atoms with Gasteiger partial charge in [-0.3, -0.25) is 0 Å². The van der Waals surface area contributed by atoms with Gasteiger partial charge in [0.05, 0.1) is 6.61 Å². The molecule has 112 valence electrons. The summed E-state index contributed by atoms with van der Waals surface area (Å²) in [6.45, 7) is 8.07. The molecular formula is C19H25NO. The lowest BCUT2D eigenvalue weighted by Crippen LogP contribution is -2.18. The molecule has 1 N–H and O–H groups in total. The third-order valence-electron chi connectivity index (χ3n) is 3.53. The van der Waals surface area contributed by atoms with Crippen LogP contribution in [0.15, 0.2) is 48.5 Å². The largest absolute Gasteiger partial charge is 0.494 e. The lowest BCUT2D eigenvalue weighted by molar-refractivity contribution is 0.317. The lowest BCUT2D eigenvalue weighted by Gasteiger charge is -2.15. The molecule has 0 saturated carbocycles. The summed E-state index contributed by atoms with van der Waals surface area (Å²) in [6.07, 6.45) is 1.03. The summed E-state index contributed by atoms with van der Waals surface area (Å²) < 4.78 is 5.68. The molecular weight excluding hydrogens is 258 g/mol. The zero-order valence-electron chi connectivity index (χ0n) is 13.2. The van der Waals surface area contributed by atoms with Gasteiger partial charge in [-0.1, -0.05) is 48.9 Å².